The molecule has 1 N–H and O–H groups in total. The van der Waals surface area contributed by atoms with Crippen LogP contribution in [0.2, 0.25) is 0 Å². The van der Waals surface area contributed by atoms with E-state index in [2.05, 4.69) is 25.2 Å². The van der Waals surface area contributed by atoms with Crippen LogP contribution in [0.1, 0.15) is 32.3 Å². The summed E-state index contributed by atoms with van der Waals surface area (Å²) in [4.78, 5) is 25.5. The highest BCUT2D eigenvalue weighted by atomic mass is 16.6. The van der Waals surface area contributed by atoms with Gasteiger partial charge in [0.2, 0.25) is 5.91 Å². The molecule has 4 rings (SSSR count). The Hall–Kier alpha value is -3.29. The molecule has 1 amide bonds. The van der Waals surface area contributed by atoms with E-state index in [1.165, 1.54) is 6.07 Å². The lowest BCUT2D eigenvalue weighted by molar-refractivity contribution is -0.384. The van der Waals surface area contributed by atoms with Crippen LogP contribution in [0.5, 0.6) is 11.5 Å². The Kier molecular flexibility index (Phi) is 6.21. The summed E-state index contributed by atoms with van der Waals surface area (Å²) in [6.07, 6.45) is 2.17. The third-order valence-corrected chi connectivity index (χ3v) is 6.00. The zero-order valence-electron chi connectivity index (χ0n) is 18.5. The number of carbonyl (C=O) groups excluding carboxylic acids is 1. The molecule has 2 heterocycles. The van der Waals surface area contributed by atoms with Crippen molar-refractivity contribution in [2.45, 2.75) is 38.7 Å². The van der Waals surface area contributed by atoms with Gasteiger partial charge in [0, 0.05) is 37.1 Å². The molecular weight excluding hydrogens is 410 g/mol. The molecule has 2 aliphatic rings. The number of nitro benzene ring substituents is 1. The van der Waals surface area contributed by atoms with E-state index in [4.69, 9.17) is 9.47 Å². The number of hydrogen-bond donors (Lipinski definition) is 1. The van der Waals surface area contributed by atoms with E-state index >= 15 is 0 Å². The number of nitro groups is 1. The van der Waals surface area contributed by atoms with Crippen molar-refractivity contribution in [3.05, 3.63) is 58.1 Å². The fraction of sp³-hybridized carbons (Fsp3) is 0.458. The van der Waals surface area contributed by atoms with Crippen LogP contribution in [0.4, 0.5) is 11.4 Å². The van der Waals surface area contributed by atoms with E-state index in [-0.39, 0.29) is 28.0 Å². The average molecular weight is 440 g/mol. The van der Waals surface area contributed by atoms with Gasteiger partial charge in [0.15, 0.2) is 11.5 Å². The first-order valence-electron chi connectivity index (χ1n) is 11.0. The van der Waals surface area contributed by atoms with Gasteiger partial charge in [0.05, 0.1) is 11.5 Å². The molecule has 0 aliphatic carbocycles. The Balaban J connectivity index is 1.23. The fourth-order valence-corrected chi connectivity index (χ4v) is 4.45. The predicted octanol–water partition coefficient (Wildman–Crippen LogP) is 3.72. The molecule has 8 nitrogen and oxygen atoms in total. The topological polar surface area (TPSA) is 93.9 Å². The molecule has 0 unspecified atom stereocenters. The van der Waals surface area contributed by atoms with Crippen molar-refractivity contribution in [1.82, 2.24) is 5.32 Å². The summed E-state index contributed by atoms with van der Waals surface area (Å²) in [7, 11) is 0. The number of anilines is 1. The zero-order valence-corrected chi connectivity index (χ0v) is 18.5. The number of rotatable bonds is 7. The highest BCUT2D eigenvalue weighted by molar-refractivity contribution is 5.79. The number of nitrogens with one attached hydrogen (secondary N) is 1. The number of para-hydroxylation sites is 3. The van der Waals surface area contributed by atoms with Crippen molar-refractivity contribution in [2.75, 3.05) is 31.1 Å². The lowest BCUT2D eigenvalue weighted by atomic mass is 9.95. The molecule has 0 spiro atoms. The van der Waals surface area contributed by atoms with Crippen LogP contribution in [0.15, 0.2) is 42.5 Å². The van der Waals surface area contributed by atoms with E-state index in [1.807, 2.05) is 17.0 Å². The smallest absolute Gasteiger partial charge is 0.292 e. The molecule has 2 aliphatic heterocycles. The Morgan fingerprint density at radius 2 is 1.97 bits per heavy atom. The number of piperidine rings is 1. The van der Waals surface area contributed by atoms with Gasteiger partial charge in [0.25, 0.3) is 5.69 Å². The van der Waals surface area contributed by atoms with Gasteiger partial charge < -0.3 is 19.7 Å². The molecule has 2 aromatic carbocycles. The van der Waals surface area contributed by atoms with E-state index < -0.39 is 0 Å². The first kappa shape index (κ1) is 21.9. The molecule has 2 aromatic rings. The van der Waals surface area contributed by atoms with Crippen molar-refractivity contribution in [3.8, 4) is 11.5 Å². The quantitative estimate of drug-likeness (QED) is 0.401. The van der Waals surface area contributed by atoms with E-state index in [0.29, 0.717) is 50.5 Å². The Morgan fingerprint density at radius 3 is 2.72 bits per heavy atom. The van der Waals surface area contributed by atoms with Crippen LogP contribution in [0, 0.1) is 16.0 Å². The zero-order chi connectivity index (χ0) is 22.7. The summed E-state index contributed by atoms with van der Waals surface area (Å²) in [6, 6.07) is 12.7. The third-order valence-electron chi connectivity index (χ3n) is 6.00. The number of ether oxygens (including phenoxy) is 2. The number of hydrogen-bond acceptors (Lipinski definition) is 6. The van der Waals surface area contributed by atoms with Gasteiger partial charge in [-0.15, -0.1) is 0 Å². The van der Waals surface area contributed by atoms with Crippen LogP contribution >= 0.6 is 0 Å². The number of amides is 1. The highest BCUT2D eigenvalue weighted by Gasteiger charge is 2.32. The van der Waals surface area contributed by atoms with E-state index in [9.17, 15) is 14.9 Å². The lowest BCUT2D eigenvalue weighted by Crippen LogP contribution is -2.41. The summed E-state index contributed by atoms with van der Waals surface area (Å²) in [5.74, 6) is 1.41. The maximum absolute atomic E-state index is 12.6. The molecule has 170 valence electrons. The molecule has 0 atom stereocenters. The summed E-state index contributed by atoms with van der Waals surface area (Å²) < 4.78 is 11.9. The van der Waals surface area contributed by atoms with E-state index in [1.54, 1.807) is 18.2 Å². The molecule has 1 fully saturated rings. The van der Waals surface area contributed by atoms with Gasteiger partial charge in [-0.05, 0) is 38.8 Å². The molecule has 0 saturated carbocycles. The monoisotopic (exact) mass is 439 g/mol. The van der Waals surface area contributed by atoms with Gasteiger partial charge in [-0.1, -0.05) is 24.3 Å². The van der Waals surface area contributed by atoms with Crippen molar-refractivity contribution in [3.63, 3.8) is 0 Å². The minimum atomic E-state index is -0.359. The second-order valence-corrected chi connectivity index (χ2v) is 8.93. The van der Waals surface area contributed by atoms with Crippen LogP contribution in [-0.2, 0) is 11.2 Å². The second-order valence-electron chi connectivity index (χ2n) is 8.93. The molecule has 0 bridgehead atoms. The Morgan fingerprint density at radius 1 is 1.22 bits per heavy atom. The van der Waals surface area contributed by atoms with Crippen LogP contribution in [0.25, 0.3) is 0 Å². The summed E-state index contributed by atoms with van der Waals surface area (Å²) in [5.41, 5.74) is 1.63. The largest absolute Gasteiger partial charge is 0.488 e. The lowest BCUT2D eigenvalue weighted by Gasteiger charge is -2.32. The Bertz CT molecular complexity index is 999. The third kappa shape index (κ3) is 4.79. The molecule has 1 saturated heterocycles. The Labute approximate surface area is 187 Å². The fourth-order valence-electron chi connectivity index (χ4n) is 4.45. The molecular formula is C24H29N3O5. The normalized spacial score (nSPS) is 17.4. The average Bonchev–Trinajstić information content (AvgIpc) is 3.11. The summed E-state index contributed by atoms with van der Waals surface area (Å²) in [6.45, 7) is 6.11. The number of benzene rings is 2. The van der Waals surface area contributed by atoms with Crippen molar-refractivity contribution in [2.24, 2.45) is 5.92 Å². The van der Waals surface area contributed by atoms with Crippen molar-refractivity contribution in [1.29, 1.82) is 0 Å². The number of carbonyl (C=O) groups is 1. The number of nitrogens with zero attached hydrogens (tertiary/aromatic N) is 2. The van der Waals surface area contributed by atoms with Crippen LogP contribution < -0.4 is 19.7 Å². The standard InChI is InChI=1S/C24H29N3O5/c1-24(2)16-18-6-5-9-21(22(18)32-24)31-15-12-25-23(28)17-10-13-26(14-11-17)19-7-3-4-8-20(19)27(29)30/h3-9,17H,10-16H2,1-2H3,(H,25,28). The van der Waals surface area contributed by atoms with Crippen LogP contribution in [0.3, 0.4) is 0 Å². The molecule has 0 aromatic heterocycles. The maximum Gasteiger partial charge on any atom is 0.292 e. The van der Waals surface area contributed by atoms with Crippen LogP contribution in [-0.4, -0.2) is 42.7 Å². The van der Waals surface area contributed by atoms with Gasteiger partial charge in [0.1, 0.15) is 17.9 Å². The van der Waals surface area contributed by atoms with Gasteiger partial charge in [-0.25, -0.2) is 0 Å². The minimum absolute atomic E-state index is 0.00600. The number of fused-ring (bicyclic) bond motifs is 1. The summed E-state index contributed by atoms with van der Waals surface area (Å²) >= 11 is 0. The summed E-state index contributed by atoms with van der Waals surface area (Å²) in [5, 5.41) is 14.2. The molecule has 32 heavy (non-hydrogen) atoms. The first-order chi connectivity index (χ1) is 15.3. The van der Waals surface area contributed by atoms with Gasteiger partial charge in [-0.2, -0.15) is 0 Å². The van der Waals surface area contributed by atoms with Crippen molar-refractivity contribution >= 4 is 17.3 Å². The maximum atomic E-state index is 12.6. The SMILES string of the molecule is CC1(C)Cc2cccc(OCCNC(=O)C3CCN(c4ccccc4[N+](=O)[O-])CC3)c2O1. The van der Waals surface area contributed by atoms with Gasteiger partial charge in [-0.3, -0.25) is 14.9 Å². The highest BCUT2D eigenvalue weighted by Crippen LogP contribution is 2.41. The second kappa shape index (κ2) is 9.06. The van der Waals surface area contributed by atoms with E-state index in [0.717, 1.165) is 17.7 Å². The molecule has 8 heteroatoms. The van der Waals surface area contributed by atoms with Crippen molar-refractivity contribution < 1.29 is 19.2 Å². The predicted molar refractivity (Wildman–Crippen MR) is 121 cm³/mol. The van der Waals surface area contributed by atoms with Gasteiger partial charge >= 0.3 is 0 Å². The minimum Gasteiger partial charge on any atom is -0.488 e. The first-order valence-corrected chi connectivity index (χ1v) is 11.0. The molecule has 0 radical (unpaired) electrons.